The summed E-state index contributed by atoms with van der Waals surface area (Å²) in [5, 5.41) is 4.24. The van der Waals surface area contributed by atoms with Crippen LogP contribution >= 0.6 is 0 Å². The number of hydrogen-bond acceptors (Lipinski definition) is 5. The average Bonchev–Trinajstić information content (AvgIpc) is 3.04. The van der Waals surface area contributed by atoms with Gasteiger partial charge in [0.2, 0.25) is 6.79 Å². The van der Waals surface area contributed by atoms with Crippen LogP contribution in [0.5, 0.6) is 11.5 Å². The van der Waals surface area contributed by atoms with Crippen LogP contribution in [0.4, 0.5) is 11.5 Å². The minimum atomic E-state index is 0.271. The zero-order valence-electron chi connectivity index (χ0n) is 10.8. The molecule has 0 aliphatic carbocycles. The van der Waals surface area contributed by atoms with Crippen molar-refractivity contribution in [3.05, 3.63) is 36.3 Å². The Bertz CT molecular complexity index is 797. The van der Waals surface area contributed by atoms with E-state index >= 15 is 0 Å². The van der Waals surface area contributed by atoms with Gasteiger partial charge in [0, 0.05) is 17.4 Å². The predicted molar refractivity (Wildman–Crippen MR) is 74.5 cm³/mol. The first-order chi connectivity index (χ1) is 9.79. The number of aromatic amines is 1. The second-order valence-corrected chi connectivity index (χ2v) is 4.63. The number of fused-ring (bicyclic) bond motifs is 2. The fourth-order valence-electron chi connectivity index (χ4n) is 2.28. The normalized spacial score (nSPS) is 12.8. The Labute approximate surface area is 114 Å². The molecule has 0 bridgehead atoms. The second kappa shape index (κ2) is 4.12. The van der Waals surface area contributed by atoms with Crippen LogP contribution in [0.25, 0.3) is 11.0 Å². The summed E-state index contributed by atoms with van der Waals surface area (Å²) in [5.41, 5.74) is 2.77. The first kappa shape index (κ1) is 11.1. The van der Waals surface area contributed by atoms with Gasteiger partial charge in [-0.25, -0.2) is 9.97 Å². The van der Waals surface area contributed by atoms with Crippen molar-refractivity contribution < 1.29 is 9.47 Å². The third-order valence-corrected chi connectivity index (χ3v) is 3.20. The summed E-state index contributed by atoms with van der Waals surface area (Å²) in [6.07, 6.45) is 1.54. The molecule has 0 fully saturated rings. The van der Waals surface area contributed by atoms with Gasteiger partial charge in [-0.1, -0.05) is 0 Å². The third kappa shape index (κ3) is 1.73. The van der Waals surface area contributed by atoms with Gasteiger partial charge in [0.25, 0.3) is 0 Å². The molecule has 3 heterocycles. The van der Waals surface area contributed by atoms with Crippen molar-refractivity contribution in [1.82, 2.24) is 15.0 Å². The van der Waals surface area contributed by atoms with Crippen LogP contribution < -0.4 is 14.8 Å². The highest BCUT2D eigenvalue weighted by atomic mass is 16.7. The molecule has 6 heteroatoms. The van der Waals surface area contributed by atoms with Crippen molar-refractivity contribution >= 4 is 22.5 Å². The molecule has 0 unspecified atom stereocenters. The van der Waals surface area contributed by atoms with Gasteiger partial charge in [0.05, 0.1) is 5.39 Å². The Morgan fingerprint density at radius 1 is 1.15 bits per heavy atom. The molecule has 4 rings (SSSR count). The van der Waals surface area contributed by atoms with Crippen molar-refractivity contribution in [2.45, 2.75) is 6.92 Å². The van der Waals surface area contributed by atoms with Crippen LogP contribution in [0.1, 0.15) is 5.69 Å². The van der Waals surface area contributed by atoms with Crippen molar-refractivity contribution in [2.24, 2.45) is 0 Å². The lowest BCUT2D eigenvalue weighted by atomic mass is 10.2. The van der Waals surface area contributed by atoms with Crippen LogP contribution in [0.3, 0.4) is 0 Å². The molecule has 0 atom stereocenters. The summed E-state index contributed by atoms with van der Waals surface area (Å²) in [6.45, 7) is 2.26. The summed E-state index contributed by atoms with van der Waals surface area (Å²) in [4.78, 5) is 11.7. The quantitative estimate of drug-likeness (QED) is 0.747. The smallest absolute Gasteiger partial charge is 0.231 e. The molecule has 2 aromatic heterocycles. The average molecular weight is 268 g/mol. The van der Waals surface area contributed by atoms with E-state index in [1.807, 2.05) is 31.2 Å². The Hall–Kier alpha value is -2.76. The summed E-state index contributed by atoms with van der Waals surface area (Å²) >= 11 is 0. The van der Waals surface area contributed by atoms with Gasteiger partial charge in [-0.2, -0.15) is 0 Å². The number of hydrogen-bond donors (Lipinski definition) is 2. The molecule has 3 aromatic rings. The Morgan fingerprint density at radius 3 is 3.00 bits per heavy atom. The molecule has 2 N–H and O–H groups in total. The van der Waals surface area contributed by atoms with Crippen LogP contribution in [0.2, 0.25) is 0 Å². The Morgan fingerprint density at radius 2 is 2.05 bits per heavy atom. The molecular weight excluding hydrogens is 256 g/mol. The first-order valence-corrected chi connectivity index (χ1v) is 6.26. The van der Waals surface area contributed by atoms with E-state index in [0.717, 1.165) is 39.7 Å². The molecule has 0 amide bonds. The van der Waals surface area contributed by atoms with Crippen molar-refractivity contribution in [1.29, 1.82) is 0 Å². The van der Waals surface area contributed by atoms with E-state index in [9.17, 15) is 0 Å². The number of nitrogens with zero attached hydrogens (tertiary/aromatic N) is 2. The number of aromatic nitrogens is 3. The van der Waals surface area contributed by atoms with E-state index in [2.05, 4.69) is 20.3 Å². The zero-order chi connectivity index (χ0) is 13.5. The molecule has 1 aliphatic rings. The molecule has 1 aromatic carbocycles. The minimum absolute atomic E-state index is 0.271. The van der Waals surface area contributed by atoms with Crippen LogP contribution in [-0.2, 0) is 0 Å². The van der Waals surface area contributed by atoms with E-state index < -0.39 is 0 Å². The number of nitrogens with one attached hydrogen (secondary N) is 2. The number of anilines is 2. The van der Waals surface area contributed by atoms with E-state index in [1.165, 1.54) is 6.33 Å². The standard InChI is InChI=1S/C14H12N4O2/c1-8-4-10-13(17-8)15-6-16-14(10)18-9-2-3-11-12(5-9)20-7-19-11/h2-6H,7H2,1H3,(H2,15,16,17,18). The number of benzene rings is 1. The van der Waals surface area contributed by atoms with E-state index in [4.69, 9.17) is 9.47 Å². The maximum absolute atomic E-state index is 5.37. The highest BCUT2D eigenvalue weighted by molar-refractivity contribution is 5.89. The number of ether oxygens (including phenoxy) is 2. The molecule has 6 nitrogen and oxygen atoms in total. The summed E-state index contributed by atoms with van der Waals surface area (Å²) in [6, 6.07) is 7.73. The van der Waals surface area contributed by atoms with Gasteiger partial charge in [0.15, 0.2) is 11.5 Å². The van der Waals surface area contributed by atoms with Crippen molar-refractivity contribution in [3.8, 4) is 11.5 Å². The Balaban J connectivity index is 1.74. The summed E-state index contributed by atoms with van der Waals surface area (Å²) < 4.78 is 10.7. The molecule has 0 radical (unpaired) electrons. The number of aryl methyl sites for hydroxylation is 1. The fourth-order valence-corrected chi connectivity index (χ4v) is 2.28. The van der Waals surface area contributed by atoms with Crippen molar-refractivity contribution in [2.75, 3.05) is 12.1 Å². The lowest BCUT2D eigenvalue weighted by Crippen LogP contribution is -1.95. The highest BCUT2D eigenvalue weighted by Crippen LogP contribution is 2.35. The number of rotatable bonds is 2. The summed E-state index contributed by atoms with van der Waals surface area (Å²) in [7, 11) is 0. The van der Waals surface area contributed by atoms with Crippen molar-refractivity contribution in [3.63, 3.8) is 0 Å². The van der Waals surface area contributed by atoms with Gasteiger partial charge in [-0.15, -0.1) is 0 Å². The topological polar surface area (TPSA) is 72.1 Å². The SMILES string of the molecule is Cc1cc2c(Nc3ccc4c(c3)OCO4)ncnc2[nH]1. The Kier molecular flexibility index (Phi) is 2.29. The lowest BCUT2D eigenvalue weighted by Gasteiger charge is -2.07. The van der Waals surface area contributed by atoms with Gasteiger partial charge >= 0.3 is 0 Å². The predicted octanol–water partition coefficient (Wildman–Crippen LogP) is 2.74. The van der Waals surface area contributed by atoms with Crippen LogP contribution in [0.15, 0.2) is 30.6 Å². The van der Waals surface area contributed by atoms with Crippen LogP contribution in [0, 0.1) is 6.92 Å². The van der Waals surface area contributed by atoms with Gasteiger partial charge in [-0.05, 0) is 25.1 Å². The number of H-pyrrole nitrogens is 1. The molecular formula is C14H12N4O2. The molecule has 0 saturated heterocycles. The van der Waals surface area contributed by atoms with Gasteiger partial charge in [0.1, 0.15) is 17.8 Å². The summed E-state index contributed by atoms with van der Waals surface area (Å²) in [5.74, 6) is 2.27. The first-order valence-electron chi connectivity index (χ1n) is 6.26. The second-order valence-electron chi connectivity index (χ2n) is 4.63. The van der Waals surface area contributed by atoms with E-state index in [-0.39, 0.29) is 6.79 Å². The lowest BCUT2D eigenvalue weighted by molar-refractivity contribution is 0.174. The molecule has 0 saturated carbocycles. The van der Waals surface area contributed by atoms with E-state index in [0.29, 0.717) is 0 Å². The molecule has 0 spiro atoms. The molecule has 1 aliphatic heterocycles. The van der Waals surface area contributed by atoms with Gasteiger partial charge < -0.3 is 19.8 Å². The molecule has 20 heavy (non-hydrogen) atoms. The third-order valence-electron chi connectivity index (χ3n) is 3.20. The monoisotopic (exact) mass is 268 g/mol. The molecule has 100 valence electrons. The maximum Gasteiger partial charge on any atom is 0.231 e. The zero-order valence-corrected chi connectivity index (χ0v) is 10.8. The maximum atomic E-state index is 5.37. The van der Waals surface area contributed by atoms with Crippen LogP contribution in [-0.4, -0.2) is 21.7 Å². The highest BCUT2D eigenvalue weighted by Gasteiger charge is 2.14. The van der Waals surface area contributed by atoms with E-state index in [1.54, 1.807) is 0 Å². The minimum Gasteiger partial charge on any atom is -0.454 e. The van der Waals surface area contributed by atoms with Gasteiger partial charge in [-0.3, -0.25) is 0 Å². The fraction of sp³-hybridized carbons (Fsp3) is 0.143. The largest absolute Gasteiger partial charge is 0.454 e.